The number of piperazine rings is 1. The molecule has 3 heterocycles. The van der Waals surface area contributed by atoms with Crippen molar-refractivity contribution in [2.75, 3.05) is 26.2 Å². The van der Waals surface area contributed by atoms with Gasteiger partial charge in [-0.1, -0.05) is 0 Å². The van der Waals surface area contributed by atoms with Gasteiger partial charge in [-0.2, -0.15) is 11.3 Å². The Morgan fingerprint density at radius 3 is 2.82 bits per heavy atom. The minimum atomic E-state index is 0.148. The van der Waals surface area contributed by atoms with Crippen molar-refractivity contribution in [2.24, 2.45) is 5.92 Å². The molecule has 2 aromatic rings. The number of hydrogen-bond acceptors (Lipinski definition) is 4. The van der Waals surface area contributed by atoms with E-state index in [1.807, 2.05) is 17.0 Å². The van der Waals surface area contributed by atoms with Gasteiger partial charge in [0.05, 0.1) is 6.26 Å². The molecule has 22 heavy (non-hydrogen) atoms. The first-order chi connectivity index (χ1) is 10.8. The van der Waals surface area contributed by atoms with Gasteiger partial charge in [0.2, 0.25) is 5.91 Å². The summed E-state index contributed by atoms with van der Waals surface area (Å²) in [4.78, 5) is 17.0. The summed E-state index contributed by atoms with van der Waals surface area (Å²) < 4.78 is 5.42. The van der Waals surface area contributed by atoms with Gasteiger partial charge < -0.3 is 9.32 Å². The molecule has 0 radical (unpaired) electrons. The highest BCUT2D eigenvalue weighted by Crippen LogP contribution is 2.48. The summed E-state index contributed by atoms with van der Waals surface area (Å²) in [6, 6.07) is 6.06. The lowest BCUT2D eigenvalue weighted by Crippen LogP contribution is -2.48. The first-order valence-electron chi connectivity index (χ1n) is 7.87. The van der Waals surface area contributed by atoms with Crippen LogP contribution in [0, 0.1) is 5.92 Å². The van der Waals surface area contributed by atoms with Gasteiger partial charge in [0.1, 0.15) is 5.76 Å². The Kier molecular flexibility index (Phi) is 3.76. The van der Waals surface area contributed by atoms with E-state index in [0.29, 0.717) is 11.8 Å². The zero-order valence-electron chi connectivity index (χ0n) is 12.5. The van der Waals surface area contributed by atoms with E-state index in [9.17, 15) is 4.79 Å². The molecule has 2 aromatic heterocycles. The van der Waals surface area contributed by atoms with Crippen molar-refractivity contribution >= 4 is 17.2 Å². The maximum atomic E-state index is 12.6. The fourth-order valence-corrected chi connectivity index (χ4v) is 3.95. The monoisotopic (exact) mass is 316 g/mol. The summed E-state index contributed by atoms with van der Waals surface area (Å²) in [7, 11) is 0. The standard InChI is InChI=1S/C17H20N2O2S/c20-17(15-10-14(15)16-2-1-8-21-16)19-6-4-18(5-7-19)11-13-3-9-22-12-13/h1-3,8-9,12,14-15H,4-7,10-11H2/t14-,15-/m1/s1. The van der Waals surface area contributed by atoms with Gasteiger partial charge in [-0.3, -0.25) is 9.69 Å². The van der Waals surface area contributed by atoms with Crippen molar-refractivity contribution in [3.63, 3.8) is 0 Å². The maximum Gasteiger partial charge on any atom is 0.226 e. The molecule has 1 aliphatic carbocycles. The van der Waals surface area contributed by atoms with Crippen LogP contribution in [0.5, 0.6) is 0 Å². The molecular formula is C17H20N2O2S. The van der Waals surface area contributed by atoms with Crippen LogP contribution in [0.4, 0.5) is 0 Å². The van der Waals surface area contributed by atoms with Crippen LogP contribution in [0.1, 0.15) is 23.7 Å². The van der Waals surface area contributed by atoms with Crippen LogP contribution in [0.15, 0.2) is 39.6 Å². The van der Waals surface area contributed by atoms with Crippen molar-refractivity contribution < 1.29 is 9.21 Å². The molecule has 1 amide bonds. The molecule has 116 valence electrons. The number of nitrogens with zero attached hydrogens (tertiary/aromatic N) is 2. The molecule has 2 fully saturated rings. The van der Waals surface area contributed by atoms with E-state index < -0.39 is 0 Å². The Hall–Kier alpha value is -1.59. The van der Waals surface area contributed by atoms with E-state index in [2.05, 4.69) is 21.7 Å². The highest BCUT2D eigenvalue weighted by Gasteiger charge is 2.47. The van der Waals surface area contributed by atoms with Gasteiger partial charge in [0, 0.05) is 44.6 Å². The zero-order chi connectivity index (χ0) is 14.9. The number of carbonyl (C=O) groups excluding carboxylic acids is 1. The summed E-state index contributed by atoms with van der Waals surface area (Å²) >= 11 is 1.74. The van der Waals surface area contributed by atoms with Gasteiger partial charge in [0.15, 0.2) is 0 Å². The second-order valence-corrected chi connectivity index (χ2v) is 6.98. The first kappa shape index (κ1) is 14.0. The predicted molar refractivity (Wildman–Crippen MR) is 85.7 cm³/mol. The fraction of sp³-hybridized carbons (Fsp3) is 0.471. The molecule has 0 unspecified atom stereocenters. The third kappa shape index (κ3) is 2.83. The van der Waals surface area contributed by atoms with Crippen LogP contribution in [-0.4, -0.2) is 41.9 Å². The quantitative estimate of drug-likeness (QED) is 0.870. The van der Waals surface area contributed by atoms with Gasteiger partial charge in [-0.25, -0.2) is 0 Å². The van der Waals surface area contributed by atoms with Crippen molar-refractivity contribution in [3.8, 4) is 0 Å². The molecule has 0 spiro atoms. The van der Waals surface area contributed by atoms with Crippen LogP contribution in [-0.2, 0) is 11.3 Å². The number of thiophene rings is 1. The highest BCUT2D eigenvalue weighted by atomic mass is 32.1. The summed E-state index contributed by atoms with van der Waals surface area (Å²) in [5.74, 6) is 1.74. The molecule has 1 saturated carbocycles. The molecule has 2 atom stereocenters. The number of amides is 1. The molecule has 0 aromatic carbocycles. The lowest BCUT2D eigenvalue weighted by molar-refractivity contribution is -0.134. The van der Waals surface area contributed by atoms with Crippen molar-refractivity contribution in [2.45, 2.75) is 18.9 Å². The lowest BCUT2D eigenvalue weighted by atomic mass is 10.2. The molecule has 0 N–H and O–H groups in total. The Morgan fingerprint density at radius 2 is 2.14 bits per heavy atom. The summed E-state index contributed by atoms with van der Waals surface area (Å²) in [6.07, 6.45) is 2.64. The van der Waals surface area contributed by atoms with Crippen LogP contribution < -0.4 is 0 Å². The van der Waals surface area contributed by atoms with E-state index in [0.717, 1.165) is 44.9 Å². The first-order valence-corrected chi connectivity index (χ1v) is 8.81. The van der Waals surface area contributed by atoms with Crippen LogP contribution in [0.25, 0.3) is 0 Å². The number of carbonyl (C=O) groups is 1. The highest BCUT2D eigenvalue weighted by molar-refractivity contribution is 7.07. The summed E-state index contributed by atoms with van der Waals surface area (Å²) in [5, 5.41) is 4.33. The topological polar surface area (TPSA) is 36.7 Å². The van der Waals surface area contributed by atoms with Crippen LogP contribution >= 0.6 is 11.3 Å². The number of rotatable bonds is 4. The second-order valence-electron chi connectivity index (χ2n) is 6.20. The molecule has 1 saturated heterocycles. The van der Waals surface area contributed by atoms with Crippen LogP contribution in [0.2, 0.25) is 0 Å². The fourth-order valence-electron chi connectivity index (χ4n) is 3.29. The second kappa shape index (κ2) is 5.89. The Morgan fingerprint density at radius 1 is 1.27 bits per heavy atom. The minimum absolute atomic E-state index is 0.148. The third-order valence-electron chi connectivity index (χ3n) is 4.69. The average Bonchev–Trinajstić information content (AvgIpc) is 2.94. The van der Waals surface area contributed by atoms with E-state index in [4.69, 9.17) is 4.42 Å². The van der Waals surface area contributed by atoms with Gasteiger partial charge in [0.25, 0.3) is 0 Å². The lowest BCUT2D eigenvalue weighted by Gasteiger charge is -2.34. The van der Waals surface area contributed by atoms with Crippen molar-refractivity contribution in [3.05, 3.63) is 46.5 Å². The van der Waals surface area contributed by atoms with Gasteiger partial charge in [-0.05, 0) is 40.9 Å². The van der Waals surface area contributed by atoms with Gasteiger partial charge >= 0.3 is 0 Å². The maximum absolute atomic E-state index is 12.6. The third-order valence-corrected chi connectivity index (χ3v) is 5.42. The predicted octanol–water partition coefficient (Wildman–Crippen LogP) is 2.79. The molecule has 1 aliphatic heterocycles. The smallest absolute Gasteiger partial charge is 0.226 e. The summed E-state index contributed by atoms with van der Waals surface area (Å²) in [6.45, 7) is 4.65. The molecule has 4 nitrogen and oxygen atoms in total. The Balaban J connectivity index is 1.28. The molecule has 5 heteroatoms. The normalized spacial score (nSPS) is 25.4. The number of furan rings is 1. The molecular weight excluding hydrogens is 296 g/mol. The number of hydrogen-bond donors (Lipinski definition) is 0. The van der Waals surface area contributed by atoms with E-state index >= 15 is 0 Å². The minimum Gasteiger partial charge on any atom is -0.469 e. The molecule has 2 aliphatic rings. The van der Waals surface area contributed by atoms with E-state index in [1.54, 1.807) is 17.6 Å². The largest absolute Gasteiger partial charge is 0.469 e. The van der Waals surface area contributed by atoms with Crippen molar-refractivity contribution in [1.82, 2.24) is 9.80 Å². The molecule has 0 bridgehead atoms. The van der Waals surface area contributed by atoms with Gasteiger partial charge in [-0.15, -0.1) is 0 Å². The van der Waals surface area contributed by atoms with Crippen LogP contribution in [0.3, 0.4) is 0 Å². The molecule has 4 rings (SSSR count). The zero-order valence-corrected chi connectivity index (χ0v) is 13.3. The summed E-state index contributed by atoms with van der Waals surface area (Å²) in [5.41, 5.74) is 1.38. The van der Waals surface area contributed by atoms with E-state index in [-0.39, 0.29) is 5.92 Å². The van der Waals surface area contributed by atoms with E-state index in [1.165, 1.54) is 5.56 Å². The Labute approximate surface area is 134 Å². The van der Waals surface area contributed by atoms with Crippen molar-refractivity contribution in [1.29, 1.82) is 0 Å². The average molecular weight is 316 g/mol. The SMILES string of the molecule is O=C([C@@H]1C[C@H]1c1ccco1)N1CCN(Cc2ccsc2)CC1. The Bertz CT molecular complexity index is 615.